The first kappa shape index (κ1) is 24.2. The number of hydrogen-bond donors (Lipinski definition) is 1. The summed E-state index contributed by atoms with van der Waals surface area (Å²) in [6, 6.07) is 8.96. The van der Waals surface area contributed by atoms with E-state index >= 15 is 0 Å². The Morgan fingerprint density at radius 2 is 1.92 bits per heavy atom. The highest BCUT2D eigenvalue weighted by atomic mass is 19.4. The van der Waals surface area contributed by atoms with Crippen LogP contribution < -0.4 is 10.1 Å². The number of nitrogens with one attached hydrogen (secondary N) is 1. The number of nitrogens with zero attached hydrogens (tertiary/aromatic N) is 4. The Bertz CT molecular complexity index is 1260. The molecule has 1 saturated heterocycles. The van der Waals surface area contributed by atoms with Crippen LogP contribution in [0, 0.1) is 0 Å². The summed E-state index contributed by atoms with van der Waals surface area (Å²) < 4.78 is 72.5. The first-order valence-corrected chi connectivity index (χ1v) is 11.3. The van der Waals surface area contributed by atoms with Gasteiger partial charge in [-0.1, -0.05) is 18.2 Å². The molecule has 7 nitrogen and oxygen atoms in total. The van der Waals surface area contributed by atoms with Gasteiger partial charge >= 0.3 is 6.18 Å². The van der Waals surface area contributed by atoms with Crippen molar-refractivity contribution >= 4 is 5.91 Å². The molecule has 2 aliphatic heterocycles. The van der Waals surface area contributed by atoms with Gasteiger partial charge < -0.3 is 19.5 Å². The second-order valence-electron chi connectivity index (χ2n) is 8.73. The van der Waals surface area contributed by atoms with Crippen molar-refractivity contribution in [3.05, 3.63) is 77.0 Å². The van der Waals surface area contributed by atoms with Crippen molar-refractivity contribution in [1.82, 2.24) is 24.8 Å². The fourth-order valence-corrected chi connectivity index (χ4v) is 4.45. The molecule has 5 rings (SSSR count). The SMILES string of the molecule is O=C(c1cn2c(n1)CNC(c1cccc(C(F)(F)F)c1)C2)N1CC[C@H](Oc2cccc(C(F)F)n2)C1. The molecule has 2 aliphatic rings. The first-order chi connectivity index (χ1) is 17.2. The fourth-order valence-electron chi connectivity index (χ4n) is 4.45. The molecule has 1 N–H and O–H groups in total. The van der Waals surface area contributed by atoms with Gasteiger partial charge in [0.05, 0.1) is 24.7 Å². The Kier molecular flexibility index (Phi) is 6.37. The maximum Gasteiger partial charge on any atom is 0.416 e. The predicted molar refractivity (Wildman–Crippen MR) is 117 cm³/mol. The molecule has 1 unspecified atom stereocenters. The lowest BCUT2D eigenvalue weighted by molar-refractivity contribution is -0.137. The lowest BCUT2D eigenvalue weighted by Gasteiger charge is -2.26. The van der Waals surface area contributed by atoms with Gasteiger partial charge in [0.1, 0.15) is 23.3 Å². The highest BCUT2D eigenvalue weighted by molar-refractivity contribution is 5.92. The van der Waals surface area contributed by atoms with E-state index in [0.717, 1.165) is 12.1 Å². The lowest BCUT2D eigenvalue weighted by atomic mass is 10.0. The summed E-state index contributed by atoms with van der Waals surface area (Å²) in [5, 5.41) is 3.18. The molecule has 12 heteroatoms. The summed E-state index contributed by atoms with van der Waals surface area (Å²) in [5.41, 5.74) is -0.355. The number of imidazole rings is 1. The first-order valence-electron chi connectivity index (χ1n) is 11.3. The van der Waals surface area contributed by atoms with Crippen LogP contribution in [0.1, 0.15) is 52.0 Å². The van der Waals surface area contributed by atoms with Crippen LogP contribution in [0.15, 0.2) is 48.7 Å². The smallest absolute Gasteiger partial charge is 0.416 e. The maximum absolute atomic E-state index is 13.1. The number of rotatable bonds is 5. The van der Waals surface area contributed by atoms with E-state index in [0.29, 0.717) is 37.4 Å². The van der Waals surface area contributed by atoms with E-state index in [4.69, 9.17) is 4.74 Å². The van der Waals surface area contributed by atoms with Gasteiger partial charge in [-0.3, -0.25) is 4.79 Å². The van der Waals surface area contributed by atoms with Gasteiger partial charge in [0.2, 0.25) is 5.88 Å². The Balaban J connectivity index is 1.23. The van der Waals surface area contributed by atoms with Crippen LogP contribution in [-0.4, -0.2) is 44.5 Å². The molecule has 2 atom stereocenters. The van der Waals surface area contributed by atoms with Crippen molar-refractivity contribution < 1.29 is 31.5 Å². The van der Waals surface area contributed by atoms with Gasteiger partial charge in [0.25, 0.3) is 12.3 Å². The zero-order chi connectivity index (χ0) is 25.4. The number of amides is 1. The molecule has 190 valence electrons. The predicted octanol–water partition coefficient (Wildman–Crippen LogP) is 4.37. The minimum atomic E-state index is -4.43. The summed E-state index contributed by atoms with van der Waals surface area (Å²) >= 11 is 0. The zero-order valence-electron chi connectivity index (χ0n) is 18.9. The molecule has 0 radical (unpaired) electrons. The summed E-state index contributed by atoms with van der Waals surface area (Å²) in [5.74, 6) is 0.394. The van der Waals surface area contributed by atoms with Gasteiger partial charge in [-0.25, -0.2) is 18.7 Å². The third kappa shape index (κ3) is 5.03. The number of alkyl halides is 5. The number of aromatic nitrogens is 3. The average Bonchev–Trinajstić information content (AvgIpc) is 3.50. The van der Waals surface area contributed by atoms with Crippen LogP contribution in [0.4, 0.5) is 22.0 Å². The monoisotopic (exact) mass is 507 g/mol. The van der Waals surface area contributed by atoms with Gasteiger partial charge in [0, 0.05) is 31.8 Å². The maximum atomic E-state index is 13.1. The molecule has 36 heavy (non-hydrogen) atoms. The number of likely N-dealkylation sites (tertiary alicyclic amines) is 1. The van der Waals surface area contributed by atoms with Crippen molar-refractivity contribution in [1.29, 1.82) is 0 Å². The molecule has 3 aromatic rings. The second-order valence-corrected chi connectivity index (χ2v) is 8.73. The summed E-state index contributed by atoms with van der Waals surface area (Å²) in [7, 11) is 0. The van der Waals surface area contributed by atoms with Crippen LogP contribution in [0.2, 0.25) is 0 Å². The number of halogens is 5. The minimum Gasteiger partial charge on any atom is -0.472 e. The standard InChI is InChI=1S/C24H22F5N5O2/c25-22(26)17-5-2-6-21(32-17)36-16-7-8-33(11-16)23(35)19-13-34-12-18(30-10-20(34)31-19)14-3-1-4-15(9-14)24(27,28)29/h1-6,9,13,16,18,22,30H,7-8,10-12H2/t16-,18?/m0/s1. The molecular weight excluding hydrogens is 485 g/mol. The topological polar surface area (TPSA) is 72.3 Å². The number of carbonyl (C=O) groups is 1. The van der Waals surface area contributed by atoms with E-state index in [1.165, 1.54) is 24.3 Å². The number of ether oxygens (including phenoxy) is 1. The quantitative estimate of drug-likeness (QED) is 0.520. The van der Waals surface area contributed by atoms with E-state index in [-0.39, 0.29) is 35.8 Å². The van der Waals surface area contributed by atoms with Crippen molar-refractivity contribution in [3.8, 4) is 5.88 Å². The third-order valence-corrected chi connectivity index (χ3v) is 6.27. The highest BCUT2D eigenvalue weighted by Crippen LogP contribution is 2.32. The van der Waals surface area contributed by atoms with E-state index in [2.05, 4.69) is 15.3 Å². The third-order valence-electron chi connectivity index (χ3n) is 6.27. The molecule has 2 aromatic heterocycles. The Morgan fingerprint density at radius 3 is 2.69 bits per heavy atom. The Hall–Kier alpha value is -3.54. The van der Waals surface area contributed by atoms with Crippen LogP contribution in [0.3, 0.4) is 0 Å². The van der Waals surface area contributed by atoms with Gasteiger partial charge in [-0.05, 0) is 23.8 Å². The molecule has 1 fully saturated rings. The number of pyridine rings is 1. The van der Waals surface area contributed by atoms with E-state index < -0.39 is 24.3 Å². The average molecular weight is 507 g/mol. The van der Waals surface area contributed by atoms with Crippen molar-refractivity contribution in [2.45, 2.75) is 44.3 Å². The molecule has 1 aromatic carbocycles. The summed E-state index contributed by atoms with van der Waals surface area (Å²) in [6.07, 6.45) is -5.40. The van der Waals surface area contributed by atoms with Crippen LogP contribution >= 0.6 is 0 Å². The summed E-state index contributed by atoms with van der Waals surface area (Å²) in [6.45, 7) is 1.29. The van der Waals surface area contributed by atoms with Gasteiger partial charge in [-0.15, -0.1) is 0 Å². The van der Waals surface area contributed by atoms with Crippen LogP contribution in [0.25, 0.3) is 0 Å². The molecule has 4 heterocycles. The van der Waals surface area contributed by atoms with Gasteiger partial charge in [0.15, 0.2) is 0 Å². The van der Waals surface area contributed by atoms with E-state index in [1.54, 1.807) is 21.7 Å². The highest BCUT2D eigenvalue weighted by Gasteiger charge is 2.33. The number of benzene rings is 1. The molecule has 0 aliphatic carbocycles. The van der Waals surface area contributed by atoms with E-state index in [1.807, 2.05) is 0 Å². The normalized spacial score (nSPS) is 20.0. The lowest BCUT2D eigenvalue weighted by Crippen LogP contribution is -2.32. The number of carbonyl (C=O) groups excluding carboxylic acids is 1. The van der Waals surface area contributed by atoms with Gasteiger partial charge in [-0.2, -0.15) is 13.2 Å². The Morgan fingerprint density at radius 1 is 1.11 bits per heavy atom. The molecule has 0 bridgehead atoms. The van der Waals surface area contributed by atoms with E-state index in [9.17, 15) is 26.7 Å². The van der Waals surface area contributed by atoms with Crippen LogP contribution in [-0.2, 0) is 19.3 Å². The second kappa shape index (κ2) is 9.49. The molecular formula is C24H22F5N5O2. The number of fused-ring (bicyclic) bond motifs is 1. The largest absolute Gasteiger partial charge is 0.472 e. The van der Waals surface area contributed by atoms with Crippen molar-refractivity contribution in [2.24, 2.45) is 0 Å². The molecule has 0 spiro atoms. The fraction of sp³-hybridized carbons (Fsp3) is 0.375. The van der Waals surface area contributed by atoms with Crippen molar-refractivity contribution in [3.63, 3.8) is 0 Å². The molecule has 1 amide bonds. The summed E-state index contributed by atoms with van der Waals surface area (Å²) in [4.78, 5) is 22.8. The van der Waals surface area contributed by atoms with Crippen LogP contribution in [0.5, 0.6) is 5.88 Å². The number of hydrogen-bond acceptors (Lipinski definition) is 5. The van der Waals surface area contributed by atoms with Crippen molar-refractivity contribution in [2.75, 3.05) is 13.1 Å². The minimum absolute atomic E-state index is 0.0799. The Labute approximate surface area is 202 Å². The molecule has 0 saturated carbocycles. The zero-order valence-corrected chi connectivity index (χ0v) is 18.9.